The second-order valence-electron chi connectivity index (χ2n) is 7.75. The molecule has 1 aromatic heterocycles. The summed E-state index contributed by atoms with van der Waals surface area (Å²) >= 11 is 0. The number of carbonyl (C=O) groups is 2. The maximum atomic E-state index is 13.6. The number of fused-ring (bicyclic) bond motifs is 2. The van der Waals surface area contributed by atoms with Gasteiger partial charge in [0.05, 0.1) is 23.8 Å². The highest BCUT2D eigenvalue weighted by Gasteiger charge is 2.32. The van der Waals surface area contributed by atoms with Gasteiger partial charge >= 0.3 is 0 Å². The maximum Gasteiger partial charge on any atom is 0.249 e. The lowest BCUT2D eigenvalue weighted by Gasteiger charge is -2.26. The van der Waals surface area contributed by atoms with Crippen LogP contribution < -0.4 is 15.5 Å². The van der Waals surface area contributed by atoms with Crippen LogP contribution in [0.5, 0.6) is 0 Å². The minimum Gasteiger partial charge on any atom is -0.343 e. The van der Waals surface area contributed by atoms with Gasteiger partial charge in [0.1, 0.15) is 6.04 Å². The normalized spacial score (nSPS) is 17.5. The van der Waals surface area contributed by atoms with E-state index in [-0.39, 0.29) is 17.9 Å². The van der Waals surface area contributed by atoms with Crippen molar-refractivity contribution in [3.05, 3.63) is 59.8 Å². The number of nitrogens with one attached hydrogen (secondary N) is 2. The molecule has 2 heterocycles. The summed E-state index contributed by atoms with van der Waals surface area (Å²) < 4.78 is 1.84. The van der Waals surface area contributed by atoms with Gasteiger partial charge in [0.25, 0.3) is 0 Å². The Morgan fingerprint density at radius 3 is 2.73 bits per heavy atom. The number of likely N-dealkylation sites (N-methyl/N-ethyl adjacent to an activating group) is 1. The molecule has 30 heavy (non-hydrogen) atoms. The van der Waals surface area contributed by atoms with E-state index in [0.29, 0.717) is 13.0 Å². The van der Waals surface area contributed by atoms with Crippen LogP contribution in [0, 0.1) is 0 Å². The molecule has 0 unspecified atom stereocenters. The Morgan fingerprint density at radius 2 is 1.93 bits per heavy atom. The average molecular weight is 406 g/mol. The number of para-hydroxylation sites is 2. The predicted molar refractivity (Wildman–Crippen MR) is 117 cm³/mol. The lowest BCUT2D eigenvalue weighted by Crippen LogP contribution is -2.52. The number of rotatable bonds is 5. The standard InChI is InChI=1S/C23H27N5O2/c1-15(24-2)22(29)25-18-13-12-16-8-4-6-10-20(16)28(23(18)30)14-19-17-9-5-7-11-21(17)27(3)26-19/h4-11,15,18,24H,12-14H2,1-3H3,(H,25,29)/t15-,18-/m0/s1. The first-order chi connectivity index (χ1) is 14.5. The van der Waals surface area contributed by atoms with Crippen LogP contribution in [-0.2, 0) is 29.6 Å². The molecule has 1 aliphatic heterocycles. The Morgan fingerprint density at radius 1 is 1.20 bits per heavy atom. The summed E-state index contributed by atoms with van der Waals surface area (Å²) in [4.78, 5) is 27.8. The quantitative estimate of drug-likeness (QED) is 0.682. The smallest absolute Gasteiger partial charge is 0.249 e. The Balaban J connectivity index is 1.70. The van der Waals surface area contributed by atoms with Gasteiger partial charge in [0, 0.05) is 18.1 Å². The molecule has 7 nitrogen and oxygen atoms in total. The van der Waals surface area contributed by atoms with Crippen molar-refractivity contribution in [3.63, 3.8) is 0 Å². The summed E-state index contributed by atoms with van der Waals surface area (Å²) in [5.74, 6) is -0.281. The van der Waals surface area contributed by atoms with E-state index in [1.165, 1.54) is 0 Å². The number of aromatic nitrogens is 2. The van der Waals surface area contributed by atoms with Gasteiger partial charge in [-0.15, -0.1) is 0 Å². The van der Waals surface area contributed by atoms with Crippen molar-refractivity contribution < 1.29 is 9.59 Å². The van der Waals surface area contributed by atoms with Crippen molar-refractivity contribution in [3.8, 4) is 0 Å². The van der Waals surface area contributed by atoms with E-state index in [2.05, 4.69) is 15.7 Å². The molecule has 4 rings (SSSR count). The summed E-state index contributed by atoms with van der Waals surface area (Å²) in [6.45, 7) is 2.13. The predicted octanol–water partition coefficient (Wildman–Crippen LogP) is 2.15. The highest BCUT2D eigenvalue weighted by atomic mass is 16.2. The zero-order valence-electron chi connectivity index (χ0n) is 17.6. The van der Waals surface area contributed by atoms with E-state index in [9.17, 15) is 9.59 Å². The number of carbonyl (C=O) groups excluding carboxylic acids is 2. The molecule has 7 heteroatoms. The monoisotopic (exact) mass is 405 g/mol. The molecule has 0 fully saturated rings. The molecule has 0 saturated heterocycles. The van der Waals surface area contributed by atoms with Crippen LogP contribution in [0.25, 0.3) is 10.9 Å². The van der Waals surface area contributed by atoms with Crippen molar-refractivity contribution in [1.82, 2.24) is 20.4 Å². The molecular formula is C23H27N5O2. The summed E-state index contributed by atoms with van der Waals surface area (Å²) in [6.07, 6.45) is 1.29. The zero-order valence-corrected chi connectivity index (χ0v) is 17.6. The van der Waals surface area contributed by atoms with Crippen molar-refractivity contribution >= 4 is 28.4 Å². The summed E-state index contributed by atoms with van der Waals surface area (Å²) in [6, 6.07) is 15.0. The fraction of sp³-hybridized carbons (Fsp3) is 0.348. The number of hydrogen-bond acceptors (Lipinski definition) is 4. The largest absolute Gasteiger partial charge is 0.343 e. The average Bonchev–Trinajstić information content (AvgIpc) is 3.02. The minimum atomic E-state index is -0.573. The van der Waals surface area contributed by atoms with E-state index >= 15 is 0 Å². The molecule has 2 aromatic carbocycles. The third-order valence-electron chi connectivity index (χ3n) is 5.83. The van der Waals surface area contributed by atoms with Crippen LogP contribution in [0.2, 0.25) is 0 Å². The van der Waals surface area contributed by atoms with Crippen LogP contribution >= 0.6 is 0 Å². The Kier molecular flexibility index (Phi) is 5.55. The highest BCUT2D eigenvalue weighted by Crippen LogP contribution is 2.30. The second-order valence-corrected chi connectivity index (χ2v) is 7.75. The molecule has 0 saturated carbocycles. The number of aryl methyl sites for hydroxylation is 2. The third kappa shape index (κ3) is 3.68. The topological polar surface area (TPSA) is 79.3 Å². The van der Waals surface area contributed by atoms with Gasteiger partial charge in [0.15, 0.2) is 0 Å². The number of anilines is 1. The van der Waals surface area contributed by atoms with Crippen LogP contribution in [-0.4, -0.2) is 40.7 Å². The SMILES string of the molecule is CN[C@@H](C)C(=O)N[C@H]1CCc2ccccc2N(Cc2nn(C)c3ccccc23)C1=O. The van der Waals surface area contributed by atoms with Gasteiger partial charge in [-0.05, 0) is 44.5 Å². The molecule has 156 valence electrons. The molecule has 2 amide bonds. The van der Waals surface area contributed by atoms with Crippen LogP contribution in [0.4, 0.5) is 5.69 Å². The van der Waals surface area contributed by atoms with Gasteiger partial charge in [-0.2, -0.15) is 5.10 Å². The summed E-state index contributed by atoms with van der Waals surface area (Å²) in [5.41, 5.74) is 3.85. The first-order valence-corrected chi connectivity index (χ1v) is 10.3. The van der Waals surface area contributed by atoms with Gasteiger partial charge in [-0.25, -0.2) is 0 Å². The first kappa shape index (κ1) is 20.1. The van der Waals surface area contributed by atoms with E-state index in [1.807, 2.05) is 60.3 Å². The minimum absolute atomic E-state index is 0.105. The second kappa shape index (κ2) is 8.28. The highest BCUT2D eigenvalue weighted by molar-refractivity contribution is 6.01. The Bertz CT molecular complexity index is 1090. The van der Waals surface area contributed by atoms with E-state index in [4.69, 9.17) is 0 Å². The molecular weight excluding hydrogens is 378 g/mol. The Labute approximate surface area is 176 Å². The lowest BCUT2D eigenvalue weighted by atomic mass is 10.1. The number of benzene rings is 2. The van der Waals surface area contributed by atoms with E-state index in [1.54, 1.807) is 18.9 Å². The fourth-order valence-electron chi connectivity index (χ4n) is 4.00. The fourth-order valence-corrected chi connectivity index (χ4v) is 4.00. The number of amides is 2. The molecule has 2 N–H and O–H groups in total. The van der Waals surface area contributed by atoms with Gasteiger partial charge in [-0.1, -0.05) is 36.4 Å². The van der Waals surface area contributed by atoms with Gasteiger partial charge in [0.2, 0.25) is 11.8 Å². The van der Waals surface area contributed by atoms with Crippen molar-refractivity contribution in [2.75, 3.05) is 11.9 Å². The molecule has 0 bridgehead atoms. The van der Waals surface area contributed by atoms with Crippen LogP contribution in [0.3, 0.4) is 0 Å². The molecule has 0 aliphatic carbocycles. The molecule has 1 aliphatic rings. The van der Waals surface area contributed by atoms with E-state index in [0.717, 1.165) is 34.3 Å². The van der Waals surface area contributed by atoms with Crippen LogP contribution in [0.15, 0.2) is 48.5 Å². The number of hydrogen-bond donors (Lipinski definition) is 2. The third-order valence-corrected chi connectivity index (χ3v) is 5.83. The van der Waals surface area contributed by atoms with Crippen molar-refractivity contribution in [1.29, 1.82) is 0 Å². The van der Waals surface area contributed by atoms with Gasteiger partial charge < -0.3 is 15.5 Å². The molecule has 2 atom stereocenters. The van der Waals surface area contributed by atoms with Crippen molar-refractivity contribution in [2.45, 2.75) is 38.4 Å². The summed E-state index contributed by atoms with van der Waals surface area (Å²) in [5, 5.41) is 11.6. The zero-order chi connectivity index (χ0) is 21.3. The maximum absolute atomic E-state index is 13.6. The van der Waals surface area contributed by atoms with E-state index < -0.39 is 6.04 Å². The van der Waals surface area contributed by atoms with Crippen molar-refractivity contribution in [2.24, 2.45) is 7.05 Å². The summed E-state index contributed by atoms with van der Waals surface area (Å²) in [7, 11) is 3.64. The first-order valence-electron chi connectivity index (χ1n) is 10.3. The number of nitrogens with zero attached hydrogens (tertiary/aromatic N) is 3. The molecule has 0 spiro atoms. The van der Waals surface area contributed by atoms with Gasteiger partial charge in [-0.3, -0.25) is 14.3 Å². The molecule has 3 aromatic rings. The Hall–Kier alpha value is -3.19. The van der Waals surface area contributed by atoms with Crippen LogP contribution in [0.1, 0.15) is 24.6 Å². The lowest BCUT2D eigenvalue weighted by molar-refractivity contribution is -0.128. The molecule has 0 radical (unpaired) electrons.